The number of nitrogens with one attached hydrogen (secondary N) is 1. The Bertz CT molecular complexity index is 1260. The summed E-state index contributed by atoms with van der Waals surface area (Å²) in [7, 11) is -4.43. The van der Waals surface area contributed by atoms with E-state index in [1.54, 1.807) is 0 Å². The average molecular weight is 436 g/mol. The molecule has 1 aromatic heterocycles. The molecule has 3 aromatic rings. The number of hydrogen-bond acceptors (Lipinski definition) is 9. The first-order chi connectivity index (χ1) is 14.2. The summed E-state index contributed by atoms with van der Waals surface area (Å²) in [5, 5.41) is 30.9. The predicted octanol–water partition coefficient (Wildman–Crippen LogP) is 2.31. The predicted molar refractivity (Wildman–Crippen MR) is 98.1 cm³/mol. The van der Waals surface area contributed by atoms with Crippen molar-refractivity contribution in [2.75, 3.05) is 0 Å². The molecule has 0 aliphatic rings. The molecule has 0 atom stereocenters. The number of hydrogen-bond donors (Lipinski definition) is 4. The topological polar surface area (TPSA) is 193 Å². The number of nitrogens with zero attached hydrogens (tertiary/aromatic N) is 3. The zero-order valence-electron chi connectivity index (χ0n) is 14.7. The standard InChI is InChI=1S/C16H12N4O9S/c21-15-13(18-17-9-1-5-11(6-2-9)28-29-24)14(16(22)23)19-20(15)10-3-7-12(8-4-10)30(25,26)27/h1-8,19,24H,(H,22,23)(H,25,26,27). The van der Waals surface area contributed by atoms with Crippen molar-refractivity contribution in [1.82, 2.24) is 9.78 Å². The quantitative estimate of drug-likeness (QED) is 0.186. The van der Waals surface area contributed by atoms with Crippen molar-refractivity contribution >= 4 is 27.5 Å². The Balaban J connectivity index is 1.98. The lowest BCUT2D eigenvalue weighted by atomic mass is 10.3. The summed E-state index contributed by atoms with van der Waals surface area (Å²) in [4.78, 5) is 28.1. The van der Waals surface area contributed by atoms with Gasteiger partial charge in [-0.1, -0.05) is 0 Å². The Morgan fingerprint density at radius 3 is 2.20 bits per heavy atom. The van der Waals surface area contributed by atoms with Gasteiger partial charge < -0.3 is 9.99 Å². The normalized spacial score (nSPS) is 11.7. The van der Waals surface area contributed by atoms with Crippen LogP contribution in [0, 0.1) is 0 Å². The largest absolute Gasteiger partial charge is 0.476 e. The van der Waals surface area contributed by atoms with Crippen LogP contribution in [0.15, 0.2) is 68.4 Å². The maximum Gasteiger partial charge on any atom is 0.356 e. The third-order valence-corrected chi connectivity index (χ3v) is 4.58. The van der Waals surface area contributed by atoms with Gasteiger partial charge in [-0.3, -0.25) is 14.4 Å². The highest BCUT2D eigenvalue weighted by Gasteiger charge is 2.21. The fraction of sp³-hybridized carbons (Fsp3) is 0. The molecule has 4 N–H and O–H groups in total. The smallest absolute Gasteiger partial charge is 0.356 e. The van der Waals surface area contributed by atoms with Crippen LogP contribution in [0.4, 0.5) is 11.4 Å². The first kappa shape index (κ1) is 20.9. The van der Waals surface area contributed by atoms with E-state index in [2.05, 4.69) is 25.3 Å². The molecule has 13 nitrogen and oxygen atoms in total. The van der Waals surface area contributed by atoms with E-state index in [4.69, 9.17) is 9.81 Å². The minimum atomic E-state index is -4.43. The summed E-state index contributed by atoms with van der Waals surface area (Å²) in [6.45, 7) is 0. The molecule has 3 rings (SSSR count). The summed E-state index contributed by atoms with van der Waals surface area (Å²) in [5.74, 6) is -1.32. The van der Waals surface area contributed by atoms with E-state index in [1.807, 2.05) is 0 Å². The highest BCUT2D eigenvalue weighted by molar-refractivity contribution is 7.85. The summed E-state index contributed by atoms with van der Waals surface area (Å²) >= 11 is 0. The van der Waals surface area contributed by atoms with Crippen molar-refractivity contribution < 1.29 is 38.1 Å². The number of carboxylic acid groups (broad SMARTS) is 1. The molecule has 0 aliphatic carbocycles. The number of rotatable bonds is 7. The third kappa shape index (κ3) is 4.41. The Morgan fingerprint density at radius 2 is 1.67 bits per heavy atom. The van der Waals surface area contributed by atoms with Gasteiger partial charge in [-0.05, 0) is 53.6 Å². The Labute approximate surface area is 167 Å². The van der Waals surface area contributed by atoms with Gasteiger partial charge in [0.2, 0.25) is 0 Å². The number of H-pyrrole nitrogens is 1. The van der Waals surface area contributed by atoms with Gasteiger partial charge in [0.1, 0.15) is 0 Å². The van der Waals surface area contributed by atoms with Gasteiger partial charge in [0.15, 0.2) is 17.1 Å². The summed E-state index contributed by atoms with van der Waals surface area (Å²) in [6, 6.07) is 10.0. The van der Waals surface area contributed by atoms with Crippen LogP contribution in [-0.4, -0.2) is 39.1 Å². The number of aromatic nitrogens is 2. The third-order valence-electron chi connectivity index (χ3n) is 3.71. The zero-order valence-corrected chi connectivity index (χ0v) is 15.5. The Morgan fingerprint density at radius 1 is 1.03 bits per heavy atom. The highest BCUT2D eigenvalue weighted by Crippen LogP contribution is 2.22. The van der Waals surface area contributed by atoms with Crippen LogP contribution in [0.25, 0.3) is 5.69 Å². The molecule has 0 amide bonds. The number of aromatic amines is 1. The van der Waals surface area contributed by atoms with Gasteiger partial charge in [0.25, 0.3) is 15.7 Å². The van der Waals surface area contributed by atoms with Gasteiger partial charge in [0, 0.05) is 0 Å². The summed E-state index contributed by atoms with van der Waals surface area (Å²) in [6.07, 6.45) is 0. The second-order valence-corrected chi connectivity index (χ2v) is 7.02. The molecule has 0 bridgehead atoms. The van der Waals surface area contributed by atoms with Gasteiger partial charge in [-0.15, -0.1) is 5.11 Å². The lowest BCUT2D eigenvalue weighted by molar-refractivity contribution is -0.438. The molecule has 0 unspecified atom stereocenters. The van der Waals surface area contributed by atoms with Crippen LogP contribution in [0.2, 0.25) is 0 Å². The lowest BCUT2D eigenvalue weighted by Crippen LogP contribution is -2.14. The number of carboxylic acids is 1. The molecular formula is C16H12N4O9S. The van der Waals surface area contributed by atoms with Crippen LogP contribution in [0.3, 0.4) is 0 Å². The van der Waals surface area contributed by atoms with E-state index in [9.17, 15) is 23.1 Å². The zero-order chi connectivity index (χ0) is 21.9. The Hall–Kier alpha value is -3.85. The first-order valence-corrected chi connectivity index (χ1v) is 9.31. The first-order valence-electron chi connectivity index (χ1n) is 7.87. The number of aromatic carboxylic acids is 1. The molecule has 2 aromatic carbocycles. The number of benzene rings is 2. The van der Waals surface area contributed by atoms with Gasteiger partial charge in [-0.2, -0.15) is 13.5 Å². The van der Waals surface area contributed by atoms with E-state index in [0.717, 1.165) is 16.8 Å². The average Bonchev–Trinajstić information content (AvgIpc) is 3.04. The van der Waals surface area contributed by atoms with Gasteiger partial charge in [-0.25, -0.2) is 14.7 Å². The molecule has 14 heteroatoms. The summed E-state index contributed by atoms with van der Waals surface area (Å²) < 4.78 is 32.1. The van der Waals surface area contributed by atoms with Crippen molar-refractivity contribution in [2.24, 2.45) is 10.2 Å². The molecule has 0 fully saturated rings. The minimum absolute atomic E-state index is 0.0989. The van der Waals surface area contributed by atoms with E-state index >= 15 is 0 Å². The van der Waals surface area contributed by atoms with Crippen LogP contribution in [-0.2, 0) is 15.2 Å². The van der Waals surface area contributed by atoms with Gasteiger partial charge in [0.05, 0.1) is 16.3 Å². The summed E-state index contributed by atoms with van der Waals surface area (Å²) in [5.41, 5.74) is -1.57. The molecule has 0 saturated carbocycles. The van der Waals surface area contributed by atoms with Crippen LogP contribution in [0.1, 0.15) is 10.5 Å². The van der Waals surface area contributed by atoms with Crippen LogP contribution < -0.4 is 10.4 Å². The van der Waals surface area contributed by atoms with Gasteiger partial charge >= 0.3 is 5.97 Å². The molecule has 0 aliphatic heterocycles. The fourth-order valence-corrected chi connectivity index (χ4v) is 2.82. The van der Waals surface area contributed by atoms with Crippen molar-refractivity contribution in [1.29, 1.82) is 0 Å². The van der Waals surface area contributed by atoms with Crippen molar-refractivity contribution in [2.45, 2.75) is 4.90 Å². The lowest BCUT2D eigenvalue weighted by Gasteiger charge is -2.02. The monoisotopic (exact) mass is 436 g/mol. The Kier molecular flexibility index (Phi) is 5.74. The van der Waals surface area contributed by atoms with Crippen molar-refractivity contribution in [3.8, 4) is 11.4 Å². The second-order valence-electron chi connectivity index (χ2n) is 5.60. The van der Waals surface area contributed by atoms with Crippen molar-refractivity contribution in [3.63, 3.8) is 0 Å². The van der Waals surface area contributed by atoms with E-state index in [1.165, 1.54) is 36.4 Å². The van der Waals surface area contributed by atoms with Crippen LogP contribution >= 0.6 is 0 Å². The minimum Gasteiger partial charge on any atom is -0.476 e. The molecule has 30 heavy (non-hydrogen) atoms. The maximum absolute atomic E-state index is 12.6. The second kappa shape index (κ2) is 8.26. The van der Waals surface area contributed by atoms with E-state index < -0.39 is 37.9 Å². The highest BCUT2D eigenvalue weighted by atomic mass is 32.2. The SMILES string of the molecule is O=C(O)c1[nH]n(-c2ccc(S(=O)(=O)O)cc2)c(=O)c1N=Nc1ccc(OOO)cc1. The van der Waals surface area contributed by atoms with Crippen LogP contribution in [0.5, 0.6) is 5.75 Å². The number of azo groups is 1. The fourth-order valence-electron chi connectivity index (χ4n) is 2.34. The molecule has 156 valence electrons. The van der Waals surface area contributed by atoms with E-state index in [-0.39, 0.29) is 17.1 Å². The maximum atomic E-state index is 12.6. The number of carbonyl (C=O) groups is 1. The molecule has 0 saturated heterocycles. The van der Waals surface area contributed by atoms with Crippen molar-refractivity contribution in [3.05, 3.63) is 64.6 Å². The molecule has 0 radical (unpaired) electrons. The molecular weight excluding hydrogens is 424 g/mol. The van der Waals surface area contributed by atoms with E-state index in [0.29, 0.717) is 0 Å². The molecule has 1 heterocycles. The molecule has 0 spiro atoms.